The van der Waals surface area contributed by atoms with Crippen molar-refractivity contribution < 1.29 is 18.7 Å². The highest BCUT2D eigenvalue weighted by atomic mass is 19.1. The smallest absolute Gasteiger partial charge is 0.268 e. The van der Waals surface area contributed by atoms with Gasteiger partial charge in [0.15, 0.2) is 5.75 Å². The molecule has 160 valence electrons. The van der Waals surface area contributed by atoms with Gasteiger partial charge in [0.1, 0.15) is 11.5 Å². The fourth-order valence-electron chi connectivity index (χ4n) is 3.64. The Kier molecular flexibility index (Phi) is 6.09. The fourth-order valence-corrected chi connectivity index (χ4v) is 3.64. The molecule has 1 aliphatic rings. The molecule has 2 heterocycles. The minimum Gasteiger partial charge on any atom is -0.491 e. The highest BCUT2D eigenvalue weighted by molar-refractivity contribution is 5.95. The van der Waals surface area contributed by atoms with Crippen LogP contribution in [0.5, 0.6) is 5.75 Å². The van der Waals surface area contributed by atoms with Crippen LogP contribution >= 0.6 is 0 Å². The molecule has 0 saturated carbocycles. The molecule has 0 bridgehead atoms. The monoisotopic (exact) mass is 416 g/mol. The molecular formula is C21H25FN4O4. The number of pyridine rings is 1. The summed E-state index contributed by atoms with van der Waals surface area (Å²) in [6.07, 6.45) is 2.67. The van der Waals surface area contributed by atoms with Crippen molar-refractivity contribution in [2.75, 3.05) is 32.6 Å². The Balaban J connectivity index is 1.73. The average molecular weight is 416 g/mol. The Morgan fingerprint density at radius 2 is 2.07 bits per heavy atom. The summed E-state index contributed by atoms with van der Waals surface area (Å²) in [5.74, 6) is -1.13. The molecule has 1 saturated heterocycles. The molecule has 8 nitrogen and oxygen atoms in total. The Labute approximate surface area is 173 Å². The maximum Gasteiger partial charge on any atom is 0.268 e. The number of amides is 2. The van der Waals surface area contributed by atoms with Crippen LogP contribution in [0.2, 0.25) is 0 Å². The lowest BCUT2D eigenvalue weighted by Crippen LogP contribution is -2.58. The topological polar surface area (TPSA) is 104 Å². The Bertz CT molecular complexity index is 1020. The first-order chi connectivity index (χ1) is 14.3. The van der Waals surface area contributed by atoms with Crippen molar-refractivity contribution in [1.29, 1.82) is 0 Å². The first-order valence-electron chi connectivity index (χ1n) is 9.62. The Morgan fingerprint density at radius 3 is 2.70 bits per heavy atom. The molecule has 1 aliphatic heterocycles. The predicted octanol–water partition coefficient (Wildman–Crippen LogP) is 1.99. The van der Waals surface area contributed by atoms with Crippen LogP contribution in [-0.2, 0) is 0 Å². The van der Waals surface area contributed by atoms with Gasteiger partial charge < -0.3 is 25.3 Å². The van der Waals surface area contributed by atoms with Crippen LogP contribution in [0.15, 0.2) is 35.3 Å². The number of nitrogens with zero attached hydrogens (tertiary/aromatic N) is 1. The number of aromatic amines is 1. The number of carbonyl (C=O) groups excluding carboxylic acids is 2. The second-order valence-electron chi connectivity index (χ2n) is 7.57. The zero-order valence-electron chi connectivity index (χ0n) is 17.2. The number of halogens is 1. The lowest BCUT2D eigenvalue weighted by Gasteiger charge is -2.41. The summed E-state index contributed by atoms with van der Waals surface area (Å²) in [7, 11) is 2.98. The molecule has 1 atom stereocenters. The van der Waals surface area contributed by atoms with Gasteiger partial charge in [-0.3, -0.25) is 14.4 Å². The minimum atomic E-state index is -0.689. The van der Waals surface area contributed by atoms with Gasteiger partial charge in [-0.2, -0.15) is 0 Å². The van der Waals surface area contributed by atoms with E-state index in [1.54, 1.807) is 18.0 Å². The number of carbonyl (C=O) groups is 2. The van der Waals surface area contributed by atoms with Crippen LogP contribution in [0.3, 0.4) is 0 Å². The SMILES string of the molecule is CNc1ccc(C(=O)N2CCCC(C)(NC(=O)c3cc(=O)c(OC)c[nH]3)C2)cc1F. The quantitative estimate of drug-likeness (QED) is 0.692. The molecule has 1 aromatic heterocycles. The molecule has 30 heavy (non-hydrogen) atoms. The maximum absolute atomic E-state index is 14.0. The van der Waals surface area contributed by atoms with Crippen molar-refractivity contribution in [1.82, 2.24) is 15.2 Å². The van der Waals surface area contributed by atoms with Crippen molar-refractivity contribution in [3.05, 3.63) is 57.8 Å². The van der Waals surface area contributed by atoms with Crippen molar-refractivity contribution >= 4 is 17.5 Å². The van der Waals surface area contributed by atoms with E-state index in [0.717, 1.165) is 0 Å². The van der Waals surface area contributed by atoms with E-state index in [4.69, 9.17) is 4.74 Å². The summed E-state index contributed by atoms with van der Waals surface area (Å²) in [6, 6.07) is 5.48. The van der Waals surface area contributed by atoms with Crippen molar-refractivity contribution in [2.24, 2.45) is 0 Å². The number of hydrogen-bond donors (Lipinski definition) is 3. The van der Waals surface area contributed by atoms with E-state index in [1.807, 2.05) is 6.92 Å². The number of ether oxygens (including phenoxy) is 1. The van der Waals surface area contributed by atoms with E-state index in [0.29, 0.717) is 25.1 Å². The summed E-state index contributed by atoms with van der Waals surface area (Å²) < 4.78 is 19.0. The van der Waals surface area contributed by atoms with Crippen molar-refractivity contribution in [3.8, 4) is 5.75 Å². The number of methoxy groups -OCH3 is 1. The van der Waals surface area contributed by atoms with Gasteiger partial charge in [-0.15, -0.1) is 0 Å². The molecule has 3 N–H and O–H groups in total. The third-order valence-corrected chi connectivity index (χ3v) is 5.23. The largest absolute Gasteiger partial charge is 0.491 e. The maximum atomic E-state index is 14.0. The third-order valence-electron chi connectivity index (χ3n) is 5.23. The molecule has 9 heteroatoms. The van der Waals surface area contributed by atoms with Crippen molar-refractivity contribution in [2.45, 2.75) is 25.3 Å². The molecule has 1 aromatic carbocycles. The number of likely N-dealkylation sites (tertiary alicyclic amines) is 1. The fraction of sp³-hybridized carbons (Fsp3) is 0.381. The molecule has 0 spiro atoms. The minimum absolute atomic E-state index is 0.107. The van der Waals surface area contributed by atoms with Gasteiger partial charge in [-0.1, -0.05) is 0 Å². The van der Waals surface area contributed by atoms with Gasteiger partial charge in [-0.05, 0) is 38.0 Å². The van der Waals surface area contributed by atoms with Gasteiger partial charge in [0.2, 0.25) is 5.43 Å². The second-order valence-corrected chi connectivity index (χ2v) is 7.57. The third kappa shape index (κ3) is 4.45. The van der Waals surface area contributed by atoms with Crippen LogP contribution < -0.4 is 20.8 Å². The number of hydrogen-bond acceptors (Lipinski definition) is 5. The highest BCUT2D eigenvalue weighted by Crippen LogP contribution is 2.24. The van der Waals surface area contributed by atoms with Crippen LogP contribution in [-0.4, -0.2) is 54.5 Å². The number of aromatic nitrogens is 1. The first kappa shape index (κ1) is 21.4. The van der Waals surface area contributed by atoms with E-state index in [2.05, 4.69) is 15.6 Å². The van der Waals surface area contributed by atoms with E-state index in [9.17, 15) is 18.8 Å². The predicted molar refractivity (Wildman–Crippen MR) is 111 cm³/mol. The summed E-state index contributed by atoms with van der Waals surface area (Å²) in [5, 5.41) is 5.64. The number of H-pyrrole nitrogens is 1. The number of rotatable bonds is 5. The molecule has 3 rings (SSSR count). The number of benzene rings is 1. The van der Waals surface area contributed by atoms with Gasteiger partial charge >= 0.3 is 0 Å². The van der Waals surface area contributed by atoms with E-state index < -0.39 is 22.7 Å². The van der Waals surface area contributed by atoms with Crippen molar-refractivity contribution in [3.63, 3.8) is 0 Å². The van der Waals surface area contributed by atoms with Gasteiger partial charge in [0, 0.05) is 38.0 Å². The molecular weight excluding hydrogens is 391 g/mol. The van der Waals surface area contributed by atoms with Gasteiger partial charge in [0.25, 0.3) is 11.8 Å². The summed E-state index contributed by atoms with van der Waals surface area (Å²) in [6.45, 7) is 2.63. The Hall–Kier alpha value is -3.36. The van der Waals surface area contributed by atoms with Crippen LogP contribution in [0.1, 0.15) is 40.6 Å². The number of anilines is 1. The first-order valence-corrected chi connectivity index (χ1v) is 9.62. The Morgan fingerprint density at radius 1 is 1.30 bits per heavy atom. The van der Waals surface area contributed by atoms with E-state index in [-0.39, 0.29) is 29.5 Å². The van der Waals surface area contributed by atoms with Crippen LogP contribution in [0, 0.1) is 5.82 Å². The van der Waals surface area contributed by atoms with E-state index in [1.165, 1.54) is 31.5 Å². The molecule has 1 unspecified atom stereocenters. The standard InChI is InChI=1S/C21H25FN4O4/c1-21(25-19(28)16-10-17(27)18(30-3)11-24-16)7-4-8-26(12-21)20(29)13-5-6-15(23-2)14(22)9-13/h5-6,9-11,23H,4,7-8,12H2,1-3H3,(H,24,27)(H,25,28). The molecule has 2 aromatic rings. The molecule has 1 fully saturated rings. The number of nitrogens with one attached hydrogen (secondary N) is 3. The zero-order chi connectivity index (χ0) is 21.9. The van der Waals surface area contributed by atoms with Gasteiger partial charge in [-0.25, -0.2) is 4.39 Å². The van der Waals surface area contributed by atoms with E-state index >= 15 is 0 Å². The van der Waals surface area contributed by atoms with Gasteiger partial charge in [0.05, 0.1) is 18.3 Å². The molecule has 0 radical (unpaired) electrons. The molecule has 2 amide bonds. The van der Waals surface area contributed by atoms with Crippen LogP contribution in [0.4, 0.5) is 10.1 Å². The highest BCUT2D eigenvalue weighted by Gasteiger charge is 2.35. The number of piperidine rings is 1. The summed E-state index contributed by atoms with van der Waals surface area (Å²) in [4.78, 5) is 41.8. The summed E-state index contributed by atoms with van der Waals surface area (Å²) in [5.41, 5.74) is -0.419. The lowest BCUT2D eigenvalue weighted by molar-refractivity contribution is 0.0588. The second kappa shape index (κ2) is 8.56. The lowest BCUT2D eigenvalue weighted by atomic mass is 9.90. The average Bonchev–Trinajstić information content (AvgIpc) is 2.72. The van der Waals surface area contributed by atoms with Crippen LogP contribution in [0.25, 0.3) is 0 Å². The normalized spacial score (nSPS) is 18.6. The summed E-state index contributed by atoms with van der Waals surface area (Å²) >= 11 is 0. The zero-order valence-corrected chi connectivity index (χ0v) is 17.2. The molecule has 0 aliphatic carbocycles.